The van der Waals surface area contributed by atoms with Gasteiger partial charge in [0, 0.05) is 23.6 Å². The lowest BCUT2D eigenvalue weighted by atomic mass is 10.2. The number of benzene rings is 1. The number of aryl methyl sites for hydroxylation is 2. The zero-order chi connectivity index (χ0) is 13.1. The molecule has 2 nitrogen and oxygen atoms in total. The van der Waals surface area contributed by atoms with Gasteiger partial charge in [-0.05, 0) is 34.5 Å². The molecule has 0 saturated carbocycles. The standard InChI is InChI=1S/C13H14BrClN2S/c1-9-13(14)12(17(2)16-9)8-18-7-10-5-3-4-6-11(10)15/h3-6H,7-8H2,1-2H3. The van der Waals surface area contributed by atoms with Crippen molar-refractivity contribution in [1.29, 1.82) is 0 Å². The molecule has 2 aromatic rings. The molecule has 0 unspecified atom stereocenters. The number of hydrogen-bond donors (Lipinski definition) is 0. The average Bonchev–Trinajstić information content (AvgIpc) is 2.58. The maximum Gasteiger partial charge on any atom is 0.0738 e. The molecule has 1 heterocycles. The maximum atomic E-state index is 6.13. The van der Waals surface area contributed by atoms with E-state index in [4.69, 9.17) is 11.6 Å². The van der Waals surface area contributed by atoms with Crippen LogP contribution in [-0.4, -0.2) is 9.78 Å². The minimum absolute atomic E-state index is 0.838. The molecule has 0 atom stereocenters. The number of nitrogens with zero attached hydrogens (tertiary/aromatic N) is 2. The summed E-state index contributed by atoms with van der Waals surface area (Å²) < 4.78 is 3.04. The third-order valence-electron chi connectivity index (χ3n) is 2.72. The second kappa shape index (κ2) is 6.13. The molecule has 0 bridgehead atoms. The second-order valence-corrected chi connectivity index (χ2v) is 6.24. The van der Waals surface area contributed by atoms with Crippen LogP contribution in [0.4, 0.5) is 0 Å². The van der Waals surface area contributed by atoms with Gasteiger partial charge in [-0.15, -0.1) is 0 Å². The highest BCUT2D eigenvalue weighted by molar-refractivity contribution is 9.10. The highest BCUT2D eigenvalue weighted by Gasteiger charge is 2.10. The van der Waals surface area contributed by atoms with Gasteiger partial charge in [0.1, 0.15) is 0 Å². The zero-order valence-corrected chi connectivity index (χ0v) is 13.4. The summed E-state index contributed by atoms with van der Waals surface area (Å²) in [6, 6.07) is 7.98. The third-order valence-corrected chi connectivity index (χ3v) is 5.11. The normalized spacial score (nSPS) is 10.9. The summed E-state index contributed by atoms with van der Waals surface area (Å²) in [4.78, 5) is 0. The molecule has 1 aromatic heterocycles. The van der Waals surface area contributed by atoms with E-state index in [1.54, 1.807) is 0 Å². The molecule has 2 rings (SSSR count). The number of halogens is 2. The van der Waals surface area contributed by atoms with Gasteiger partial charge in [0.2, 0.25) is 0 Å². The Labute approximate surface area is 125 Å². The summed E-state index contributed by atoms with van der Waals surface area (Å²) in [5, 5.41) is 5.22. The summed E-state index contributed by atoms with van der Waals surface area (Å²) >= 11 is 11.6. The molecule has 0 N–H and O–H groups in total. The van der Waals surface area contributed by atoms with Crippen molar-refractivity contribution in [2.24, 2.45) is 7.05 Å². The zero-order valence-electron chi connectivity index (χ0n) is 10.3. The van der Waals surface area contributed by atoms with Crippen LogP contribution >= 0.6 is 39.3 Å². The molecular weight excluding hydrogens is 332 g/mol. The third kappa shape index (κ3) is 3.11. The highest BCUT2D eigenvalue weighted by Crippen LogP contribution is 2.27. The van der Waals surface area contributed by atoms with E-state index in [1.165, 1.54) is 11.3 Å². The molecular formula is C13H14BrClN2S. The Hall–Kier alpha value is -0.450. The highest BCUT2D eigenvalue weighted by atomic mass is 79.9. The largest absolute Gasteiger partial charge is 0.270 e. The molecule has 0 aliphatic rings. The molecule has 18 heavy (non-hydrogen) atoms. The Morgan fingerprint density at radius 3 is 2.67 bits per heavy atom. The van der Waals surface area contributed by atoms with Crippen LogP contribution in [0.15, 0.2) is 28.7 Å². The molecule has 1 aromatic carbocycles. The van der Waals surface area contributed by atoms with Crippen LogP contribution in [0.25, 0.3) is 0 Å². The van der Waals surface area contributed by atoms with Crippen LogP contribution in [-0.2, 0) is 18.6 Å². The van der Waals surface area contributed by atoms with Gasteiger partial charge in [-0.1, -0.05) is 29.8 Å². The van der Waals surface area contributed by atoms with E-state index in [0.717, 1.165) is 26.7 Å². The lowest BCUT2D eigenvalue weighted by Gasteiger charge is -2.05. The van der Waals surface area contributed by atoms with Crippen molar-refractivity contribution in [3.8, 4) is 0 Å². The smallest absolute Gasteiger partial charge is 0.0738 e. The number of rotatable bonds is 4. The van der Waals surface area contributed by atoms with Crippen molar-refractivity contribution in [2.75, 3.05) is 0 Å². The average molecular weight is 346 g/mol. The number of thioether (sulfide) groups is 1. The van der Waals surface area contributed by atoms with Crippen LogP contribution in [0, 0.1) is 6.92 Å². The molecule has 0 aliphatic carbocycles. The van der Waals surface area contributed by atoms with Crippen LogP contribution < -0.4 is 0 Å². The number of hydrogen-bond acceptors (Lipinski definition) is 2. The van der Waals surface area contributed by atoms with E-state index < -0.39 is 0 Å². The quantitative estimate of drug-likeness (QED) is 0.807. The van der Waals surface area contributed by atoms with E-state index in [-0.39, 0.29) is 0 Å². The van der Waals surface area contributed by atoms with Gasteiger partial charge in [-0.3, -0.25) is 4.68 Å². The van der Waals surface area contributed by atoms with Crippen LogP contribution in [0.2, 0.25) is 5.02 Å². The fraction of sp³-hybridized carbons (Fsp3) is 0.308. The van der Waals surface area contributed by atoms with Gasteiger partial charge in [0.25, 0.3) is 0 Å². The Bertz CT molecular complexity index is 554. The van der Waals surface area contributed by atoms with Crippen molar-refractivity contribution in [2.45, 2.75) is 18.4 Å². The van der Waals surface area contributed by atoms with E-state index >= 15 is 0 Å². The van der Waals surface area contributed by atoms with Gasteiger partial charge in [-0.2, -0.15) is 16.9 Å². The Morgan fingerprint density at radius 2 is 2.06 bits per heavy atom. The first-order chi connectivity index (χ1) is 8.59. The summed E-state index contributed by atoms with van der Waals surface area (Å²) in [6.45, 7) is 2.01. The minimum atomic E-state index is 0.838. The molecule has 0 fully saturated rings. The van der Waals surface area contributed by atoms with Gasteiger partial charge in [0.05, 0.1) is 15.9 Å². The molecule has 0 spiro atoms. The van der Waals surface area contributed by atoms with Crippen LogP contribution in [0.3, 0.4) is 0 Å². The SMILES string of the molecule is Cc1nn(C)c(CSCc2ccccc2Cl)c1Br. The van der Waals surface area contributed by atoms with E-state index in [1.807, 2.05) is 48.6 Å². The predicted molar refractivity (Wildman–Crippen MR) is 82.1 cm³/mol. The van der Waals surface area contributed by atoms with Crippen molar-refractivity contribution in [3.63, 3.8) is 0 Å². The summed E-state index contributed by atoms with van der Waals surface area (Å²) in [5.41, 5.74) is 3.43. The van der Waals surface area contributed by atoms with Gasteiger partial charge < -0.3 is 0 Å². The summed E-state index contributed by atoms with van der Waals surface area (Å²) in [6.07, 6.45) is 0. The Morgan fingerprint density at radius 1 is 1.33 bits per heavy atom. The van der Waals surface area contributed by atoms with E-state index in [9.17, 15) is 0 Å². The van der Waals surface area contributed by atoms with Gasteiger partial charge >= 0.3 is 0 Å². The number of aromatic nitrogens is 2. The van der Waals surface area contributed by atoms with Crippen LogP contribution in [0.5, 0.6) is 0 Å². The first-order valence-corrected chi connectivity index (χ1v) is 7.91. The molecule has 5 heteroatoms. The first kappa shape index (κ1) is 14.0. The summed E-state index contributed by atoms with van der Waals surface area (Å²) in [7, 11) is 1.98. The van der Waals surface area contributed by atoms with Crippen molar-refractivity contribution < 1.29 is 0 Å². The Kier molecular flexibility index (Phi) is 4.76. The molecule has 0 aliphatic heterocycles. The predicted octanol–water partition coefficient (Wildman–Crippen LogP) is 4.58. The lowest BCUT2D eigenvalue weighted by molar-refractivity contribution is 0.727. The van der Waals surface area contributed by atoms with Crippen molar-refractivity contribution >= 4 is 39.3 Å². The van der Waals surface area contributed by atoms with Crippen LogP contribution in [0.1, 0.15) is 17.0 Å². The maximum absolute atomic E-state index is 6.13. The fourth-order valence-electron chi connectivity index (χ4n) is 1.71. The molecule has 0 saturated heterocycles. The first-order valence-electron chi connectivity index (χ1n) is 5.58. The molecule has 96 valence electrons. The summed E-state index contributed by atoms with van der Waals surface area (Å²) in [5.74, 6) is 1.83. The van der Waals surface area contributed by atoms with Crippen molar-refractivity contribution in [1.82, 2.24) is 9.78 Å². The van der Waals surface area contributed by atoms with Gasteiger partial charge in [0.15, 0.2) is 0 Å². The van der Waals surface area contributed by atoms with Crippen molar-refractivity contribution in [3.05, 3.63) is 50.7 Å². The topological polar surface area (TPSA) is 17.8 Å². The Balaban J connectivity index is 1.99. The molecule has 0 amide bonds. The lowest BCUT2D eigenvalue weighted by Crippen LogP contribution is -1.97. The monoisotopic (exact) mass is 344 g/mol. The van der Waals surface area contributed by atoms with E-state index in [0.29, 0.717) is 0 Å². The van der Waals surface area contributed by atoms with E-state index in [2.05, 4.69) is 27.1 Å². The fourth-order valence-corrected chi connectivity index (χ4v) is 3.75. The van der Waals surface area contributed by atoms with Gasteiger partial charge in [-0.25, -0.2) is 0 Å². The molecule has 0 radical (unpaired) electrons. The minimum Gasteiger partial charge on any atom is -0.270 e. The second-order valence-electron chi connectivity index (χ2n) is 4.05.